The molecule has 0 heterocycles. The van der Waals surface area contributed by atoms with Crippen molar-refractivity contribution in [1.29, 1.82) is 0 Å². The maximum atomic E-state index is 12.3. The van der Waals surface area contributed by atoms with Crippen LogP contribution >= 0.6 is 0 Å². The monoisotopic (exact) mass is 879 g/mol. The zero-order valence-electron chi connectivity index (χ0n) is 40.5. The van der Waals surface area contributed by atoms with Crippen LogP contribution in [0.2, 0.25) is 0 Å². The van der Waals surface area contributed by atoms with Crippen molar-refractivity contribution in [1.82, 2.24) is 0 Å². The zero-order chi connectivity index (χ0) is 46.3. The Labute approximate surface area is 392 Å². The molecule has 0 amide bonds. The number of esters is 2. The number of allylic oxidation sites excluding steroid dienone is 26. The second kappa shape index (κ2) is 52.9. The summed E-state index contributed by atoms with van der Waals surface area (Å²) >= 11 is 0. The Bertz CT molecular complexity index is 1460. The van der Waals surface area contributed by atoms with Crippen molar-refractivity contribution in [3.05, 3.63) is 158 Å². The number of unbranched alkanes of at least 4 members (excludes halogenated alkanes) is 9. The minimum atomic E-state index is -0.811. The average Bonchev–Trinajstić information content (AvgIpc) is 3.30. The lowest BCUT2D eigenvalue weighted by Gasteiger charge is -2.15. The van der Waals surface area contributed by atoms with Crippen molar-refractivity contribution in [3.63, 3.8) is 0 Å². The Balaban J connectivity index is 3.70. The van der Waals surface area contributed by atoms with Crippen LogP contribution in [-0.2, 0) is 19.1 Å². The van der Waals surface area contributed by atoms with E-state index in [1.807, 2.05) is 0 Å². The number of hydrogen-bond acceptors (Lipinski definition) is 5. The molecule has 0 radical (unpaired) electrons. The average molecular weight is 879 g/mol. The summed E-state index contributed by atoms with van der Waals surface area (Å²) in [5.41, 5.74) is 0. The van der Waals surface area contributed by atoms with Gasteiger partial charge < -0.3 is 14.6 Å². The second-order valence-corrected chi connectivity index (χ2v) is 15.8. The van der Waals surface area contributed by atoms with Gasteiger partial charge in [0.1, 0.15) is 6.61 Å². The first-order chi connectivity index (χ1) is 31.6. The number of aliphatic hydroxyl groups excluding tert-OH is 1. The molecule has 0 spiro atoms. The van der Waals surface area contributed by atoms with E-state index in [4.69, 9.17) is 9.47 Å². The third-order valence-corrected chi connectivity index (χ3v) is 9.82. The molecule has 0 aromatic carbocycles. The van der Waals surface area contributed by atoms with Crippen LogP contribution in [0.1, 0.15) is 181 Å². The van der Waals surface area contributed by atoms with E-state index >= 15 is 0 Å². The standard InChI is InChI=1S/C59H90O5/c1-3-5-7-9-11-13-15-17-19-21-23-25-27-29-31-33-35-37-39-41-43-45-47-49-51-53-58(61)63-56-57(55-60)64-59(62)54-52-50-48-46-44-42-40-38-36-34-32-30-28-26-24-22-20-18-16-14-12-10-8-6-4-2/h5-8,11-14,17-20,23-26,29-32,35-38,42,44,57,60H,3-4,9-10,15-16,21-22,27-28,33-34,39-41,43,45-56H2,1-2H3/b7-5-,8-6-,13-11-,14-12-,19-17-,20-18-,25-23-,26-24-,31-29-,32-30-,37-35-,38-36-,44-42-. The Hall–Kier alpha value is -4.48. The fourth-order valence-electron chi connectivity index (χ4n) is 6.12. The molecule has 1 atom stereocenters. The largest absolute Gasteiger partial charge is 0.462 e. The summed E-state index contributed by atoms with van der Waals surface area (Å²) in [4.78, 5) is 24.5. The van der Waals surface area contributed by atoms with Crippen LogP contribution in [0, 0.1) is 0 Å². The highest BCUT2D eigenvalue weighted by molar-refractivity contribution is 5.70. The number of ether oxygens (including phenoxy) is 2. The number of aliphatic hydroxyl groups is 1. The highest BCUT2D eigenvalue weighted by Crippen LogP contribution is 2.11. The van der Waals surface area contributed by atoms with Gasteiger partial charge in [-0.15, -0.1) is 0 Å². The molecule has 0 bridgehead atoms. The maximum absolute atomic E-state index is 12.3. The van der Waals surface area contributed by atoms with Gasteiger partial charge in [-0.2, -0.15) is 0 Å². The molecule has 0 fully saturated rings. The fourth-order valence-corrected chi connectivity index (χ4v) is 6.12. The summed E-state index contributed by atoms with van der Waals surface area (Å²) in [5, 5.41) is 9.62. The smallest absolute Gasteiger partial charge is 0.306 e. The van der Waals surface area contributed by atoms with Gasteiger partial charge in [0, 0.05) is 12.8 Å². The molecule has 356 valence electrons. The minimum Gasteiger partial charge on any atom is -0.462 e. The van der Waals surface area contributed by atoms with Gasteiger partial charge in [-0.05, 0) is 122 Å². The third-order valence-electron chi connectivity index (χ3n) is 9.82. The van der Waals surface area contributed by atoms with Crippen molar-refractivity contribution in [2.45, 2.75) is 187 Å². The van der Waals surface area contributed by atoms with Gasteiger partial charge in [-0.1, -0.05) is 204 Å². The molecule has 0 saturated heterocycles. The van der Waals surface area contributed by atoms with E-state index in [0.717, 1.165) is 135 Å². The van der Waals surface area contributed by atoms with Gasteiger partial charge >= 0.3 is 11.9 Å². The van der Waals surface area contributed by atoms with Gasteiger partial charge in [-0.3, -0.25) is 9.59 Å². The minimum absolute atomic E-state index is 0.1000. The summed E-state index contributed by atoms with van der Waals surface area (Å²) < 4.78 is 10.6. The van der Waals surface area contributed by atoms with E-state index in [9.17, 15) is 14.7 Å². The van der Waals surface area contributed by atoms with Crippen LogP contribution in [0.4, 0.5) is 0 Å². The second-order valence-electron chi connectivity index (χ2n) is 15.8. The topological polar surface area (TPSA) is 72.8 Å². The molecule has 0 aromatic heterocycles. The van der Waals surface area contributed by atoms with Crippen LogP contribution in [-0.4, -0.2) is 36.4 Å². The van der Waals surface area contributed by atoms with Crippen LogP contribution in [0.5, 0.6) is 0 Å². The quantitative estimate of drug-likeness (QED) is 0.0375. The molecule has 0 rings (SSSR count). The van der Waals surface area contributed by atoms with Crippen LogP contribution in [0.3, 0.4) is 0 Å². The maximum Gasteiger partial charge on any atom is 0.306 e. The predicted octanol–water partition coefficient (Wildman–Crippen LogP) is 16.8. The summed E-state index contributed by atoms with van der Waals surface area (Å²) in [6.07, 6.45) is 81.8. The number of hydrogen-bond donors (Lipinski definition) is 1. The first-order valence-electron chi connectivity index (χ1n) is 25.0. The lowest BCUT2D eigenvalue weighted by atomic mass is 10.1. The molecule has 0 aliphatic heterocycles. The highest BCUT2D eigenvalue weighted by atomic mass is 16.6. The predicted molar refractivity (Wildman–Crippen MR) is 278 cm³/mol. The van der Waals surface area contributed by atoms with E-state index in [2.05, 4.69) is 172 Å². The summed E-state index contributed by atoms with van der Waals surface area (Å²) in [5.74, 6) is -0.662. The zero-order valence-corrected chi connectivity index (χ0v) is 40.5. The number of carbonyl (C=O) groups is 2. The third kappa shape index (κ3) is 50.2. The van der Waals surface area contributed by atoms with Gasteiger partial charge in [0.05, 0.1) is 6.61 Å². The van der Waals surface area contributed by atoms with E-state index < -0.39 is 6.10 Å². The molecular formula is C59H90O5. The molecule has 0 aliphatic carbocycles. The fraction of sp³-hybridized carbons (Fsp3) is 0.525. The molecule has 0 aliphatic rings. The molecule has 1 unspecified atom stereocenters. The van der Waals surface area contributed by atoms with E-state index in [0.29, 0.717) is 12.8 Å². The van der Waals surface area contributed by atoms with Crippen molar-refractivity contribution in [2.24, 2.45) is 0 Å². The van der Waals surface area contributed by atoms with Gasteiger partial charge in [0.15, 0.2) is 6.10 Å². The molecular weight excluding hydrogens is 789 g/mol. The Morgan fingerprint density at radius 1 is 0.359 bits per heavy atom. The highest BCUT2D eigenvalue weighted by Gasteiger charge is 2.16. The molecule has 5 heteroatoms. The summed E-state index contributed by atoms with van der Waals surface area (Å²) in [6.45, 7) is 3.85. The van der Waals surface area contributed by atoms with Crippen molar-refractivity contribution >= 4 is 11.9 Å². The van der Waals surface area contributed by atoms with E-state index in [-0.39, 0.29) is 25.2 Å². The van der Waals surface area contributed by atoms with E-state index in [1.54, 1.807) is 0 Å². The number of carbonyl (C=O) groups excluding carboxylic acids is 2. The summed E-state index contributed by atoms with van der Waals surface area (Å²) in [7, 11) is 0. The van der Waals surface area contributed by atoms with Gasteiger partial charge in [-0.25, -0.2) is 0 Å². The Morgan fingerprint density at radius 2 is 0.625 bits per heavy atom. The normalized spacial score (nSPS) is 13.6. The van der Waals surface area contributed by atoms with Crippen LogP contribution < -0.4 is 0 Å². The van der Waals surface area contributed by atoms with Crippen LogP contribution in [0.15, 0.2) is 158 Å². The van der Waals surface area contributed by atoms with Crippen molar-refractivity contribution < 1.29 is 24.2 Å². The van der Waals surface area contributed by atoms with Crippen molar-refractivity contribution in [2.75, 3.05) is 13.2 Å². The first kappa shape index (κ1) is 59.5. The lowest BCUT2D eigenvalue weighted by molar-refractivity contribution is -0.161. The Kier molecular flexibility index (Phi) is 49.2. The first-order valence-corrected chi connectivity index (χ1v) is 25.0. The molecule has 0 saturated carbocycles. The van der Waals surface area contributed by atoms with E-state index in [1.165, 1.54) is 19.3 Å². The molecule has 0 aromatic rings. The molecule has 1 N–H and O–H groups in total. The summed E-state index contributed by atoms with van der Waals surface area (Å²) in [6, 6.07) is 0. The molecule has 64 heavy (non-hydrogen) atoms. The SMILES string of the molecule is CC/C=C\C/C=C\C/C=C\C/C=C\C/C=C\C/C=C\C/C=C\CCCCCC(=O)OC(CO)COC(=O)CCCCCCCC/C=C\C/C=C\C/C=C\C/C=C\C/C=C\C/C=C\CC. The molecule has 5 nitrogen and oxygen atoms in total. The Morgan fingerprint density at radius 3 is 0.953 bits per heavy atom. The van der Waals surface area contributed by atoms with Gasteiger partial charge in [0.25, 0.3) is 0 Å². The van der Waals surface area contributed by atoms with Gasteiger partial charge in [0.2, 0.25) is 0 Å². The van der Waals surface area contributed by atoms with Crippen molar-refractivity contribution in [3.8, 4) is 0 Å². The lowest BCUT2D eigenvalue weighted by Crippen LogP contribution is -2.28. The van der Waals surface area contributed by atoms with Crippen LogP contribution in [0.25, 0.3) is 0 Å². The number of rotatable bonds is 43.